The highest BCUT2D eigenvalue weighted by Gasteiger charge is 2.13. The van der Waals surface area contributed by atoms with E-state index in [9.17, 15) is 0 Å². The van der Waals surface area contributed by atoms with E-state index in [1.807, 2.05) is 11.3 Å². The zero-order valence-corrected chi connectivity index (χ0v) is 13.0. The zero-order valence-electron chi connectivity index (χ0n) is 12.1. The second-order valence-electron chi connectivity index (χ2n) is 5.85. The molecule has 1 aromatic carbocycles. The van der Waals surface area contributed by atoms with Crippen LogP contribution < -0.4 is 0 Å². The Bertz CT molecular complexity index is 525. The Morgan fingerprint density at radius 1 is 1.05 bits per heavy atom. The summed E-state index contributed by atoms with van der Waals surface area (Å²) in [5.74, 6) is 0. The Labute approximate surface area is 126 Å². The van der Waals surface area contributed by atoms with Gasteiger partial charge in [-0.1, -0.05) is 37.5 Å². The molecule has 1 aromatic heterocycles. The number of thiophene rings is 1. The van der Waals surface area contributed by atoms with Gasteiger partial charge in [0.05, 0.1) is 6.10 Å². The van der Waals surface area contributed by atoms with E-state index in [1.165, 1.54) is 67.0 Å². The van der Waals surface area contributed by atoms with Gasteiger partial charge in [0.2, 0.25) is 0 Å². The molecule has 2 heteroatoms. The van der Waals surface area contributed by atoms with Crippen LogP contribution >= 0.6 is 11.3 Å². The summed E-state index contributed by atoms with van der Waals surface area (Å²) >= 11 is 1.87. The quantitative estimate of drug-likeness (QED) is 0.631. The number of fused-ring (bicyclic) bond motifs is 1. The molecule has 0 N–H and O–H groups in total. The average Bonchev–Trinajstić information content (AvgIpc) is 2.91. The summed E-state index contributed by atoms with van der Waals surface area (Å²) < 4.78 is 7.41. The van der Waals surface area contributed by atoms with Crippen LogP contribution in [0, 0.1) is 0 Å². The number of unbranched alkanes of at least 4 members (excludes halogenated alkanes) is 1. The van der Waals surface area contributed by atoms with Crippen LogP contribution in [-0.2, 0) is 11.2 Å². The summed E-state index contributed by atoms with van der Waals surface area (Å²) in [6.07, 6.45) is 10.9. The van der Waals surface area contributed by atoms with Gasteiger partial charge in [-0.25, -0.2) is 0 Å². The second kappa shape index (κ2) is 7.24. The summed E-state index contributed by atoms with van der Waals surface area (Å²) in [5.41, 5.74) is 1.52. The van der Waals surface area contributed by atoms with E-state index < -0.39 is 0 Å². The summed E-state index contributed by atoms with van der Waals surface area (Å²) in [6.45, 7) is 0.951. The molecule has 1 aliphatic carbocycles. The molecule has 0 bridgehead atoms. The molecule has 1 fully saturated rings. The summed E-state index contributed by atoms with van der Waals surface area (Å²) in [4.78, 5) is 0. The first kappa shape index (κ1) is 14.1. The Hall–Kier alpha value is -0.860. The predicted octanol–water partition coefficient (Wildman–Crippen LogP) is 5.57. The van der Waals surface area contributed by atoms with Gasteiger partial charge in [0.1, 0.15) is 0 Å². The van der Waals surface area contributed by atoms with E-state index in [4.69, 9.17) is 4.74 Å². The largest absolute Gasteiger partial charge is 0.378 e. The number of benzene rings is 1. The molecule has 0 atom stereocenters. The molecule has 0 radical (unpaired) electrons. The molecule has 0 spiro atoms. The smallest absolute Gasteiger partial charge is 0.0575 e. The van der Waals surface area contributed by atoms with Crippen LogP contribution in [0.1, 0.15) is 50.5 Å². The molecular weight excluding hydrogens is 264 g/mol. The van der Waals surface area contributed by atoms with Crippen molar-refractivity contribution in [3.8, 4) is 0 Å². The highest BCUT2D eigenvalue weighted by atomic mass is 32.1. The Kier molecular flexibility index (Phi) is 5.10. The van der Waals surface area contributed by atoms with Gasteiger partial charge in [0.15, 0.2) is 0 Å². The molecule has 2 aromatic rings. The van der Waals surface area contributed by atoms with Crippen molar-refractivity contribution in [2.75, 3.05) is 6.61 Å². The molecular formula is C18H24OS. The first-order chi connectivity index (χ1) is 9.93. The minimum Gasteiger partial charge on any atom is -0.378 e. The van der Waals surface area contributed by atoms with Crippen LogP contribution in [0.2, 0.25) is 0 Å². The van der Waals surface area contributed by atoms with Crippen LogP contribution in [0.4, 0.5) is 0 Å². The van der Waals surface area contributed by atoms with Crippen molar-refractivity contribution in [2.45, 2.75) is 57.5 Å². The maximum Gasteiger partial charge on any atom is 0.0575 e. The molecule has 1 nitrogen and oxygen atoms in total. The van der Waals surface area contributed by atoms with Crippen molar-refractivity contribution in [3.05, 3.63) is 35.2 Å². The number of hydrogen-bond acceptors (Lipinski definition) is 2. The fraction of sp³-hybridized carbons (Fsp3) is 0.556. The Morgan fingerprint density at radius 2 is 1.90 bits per heavy atom. The van der Waals surface area contributed by atoms with Gasteiger partial charge in [0, 0.05) is 11.3 Å². The fourth-order valence-electron chi connectivity index (χ4n) is 3.13. The van der Waals surface area contributed by atoms with Crippen LogP contribution in [-0.4, -0.2) is 12.7 Å². The minimum atomic E-state index is 0.561. The normalized spacial score (nSPS) is 16.8. The fourth-order valence-corrected chi connectivity index (χ4v) is 4.12. The third-order valence-corrected chi connectivity index (χ3v) is 5.32. The van der Waals surface area contributed by atoms with Gasteiger partial charge in [-0.2, -0.15) is 0 Å². The summed E-state index contributed by atoms with van der Waals surface area (Å²) in [6, 6.07) is 8.74. The molecule has 0 saturated heterocycles. The molecule has 1 saturated carbocycles. The molecule has 0 amide bonds. The number of aryl methyl sites for hydroxylation is 1. The number of hydrogen-bond donors (Lipinski definition) is 0. The molecule has 0 aliphatic heterocycles. The number of rotatable bonds is 6. The lowest BCUT2D eigenvalue weighted by atomic mass is 9.98. The SMILES string of the molecule is c1ccc2c(CCCCOC3CCCCC3)csc2c1. The lowest BCUT2D eigenvalue weighted by Gasteiger charge is -2.21. The topological polar surface area (TPSA) is 9.23 Å². The monoisotopic (exact) mass is 288 g/mol. The van der Waals surface area contributed by atoms with E-state index in [0.717, 1.165) is 6.61 Å². The van der Waals surface area contributed by atoms with Crippen molar-refractivity contribution in [2.24, 2.45) is 0 Å². The van der Waals surface area contributed by atoms with E-state index in [0.29, 0.717) is 6.10 Å². The highest BCUT2D eigenvalue weighted by Crippen LogP contribution is 2.27. The van der Waals surface area contributed by atoms with Gasteiger partial charge in [0.25, 0.3) is 0 Å². The van der Waals surface area contributed by atoms with Crippen molar-refractivity contribution in [1.29, 1.82) is 0 Å². The second-order valence-corrected chi connectivity index (χ2v) is 6.76. The van der Waals surface area contributed by atoms with Crippen LogP contribution in [0.15, 0.2) is 29.6 Å². The Balaban J connectivity index is 1.39. The maximum atomic E-state index is 5.99. The van der Waals surface area contributed by atoms with Crippen molar-refractivity contribution < 1.29 is 4.74 Å². The zero-order chi connectivity index (χ0) is 13.6. The van der Waals surface area contributed by atoms with Crippen LogP contribution in [0.3, 0.4) is 0 Å². The standard InChI is InChI=1S/C18H24OS/c1-2-9-16(10-3-1)19-13-7-6-8-15-14-20-18-12-5-4-11-17(15)18/h4-5,11-12,14,16H,1-3,6-10,13H2. The third-order valence-electron chi connectivity index (χ3n) is 4.31. The van der Waals surface area contributed by atoms with Gasteiger partial charge in [-0.15, -0.1) is 11.3 Å². The van der Waals surface area contributed by atoms with Gasteiger partial charge in [-0.05, 0) is 54.5 Å². The summed E-state index contributed by atoms with van der Waals surface area (Å²) in [7, 11) is 0. The molecule has 108 valence electrons. The van der Waals surface area contributed by atoms with E-state index in [-0.39, 0.29) is 0 Å². The molecule has 20 heavy (non-hydrogen) atoms. The van der Waals surface area contributed by atoms with Crippen LogP contribution in [0.5, 0.6) is 0 Å². The molecule has 0 unspecified atom stereocenters. The average molecular weight is 288 g/mol. The van der Waals surface area contributed by atoms with Gasteiger partial charge < -0.3 is 4.74 Å². The minimum absolute atomic E-state index is 0.561. The predicted molar refractivity (Wildman–Crippen MR) is 87.6 cm³/mol. The summed E-state index contributed by atoms with van der Waals surface area (Å²) in [5, 5.41) is 3.78. The third kappa shape index (κ3) is 3.62. The van der Waals surface area contributed by atoms with Gasteiger partial charge >= 0.3 is 0 Å². The van der Waals surface area contributed by atoms with E-state index >= 15 is 0 Å². The lowest BCUT2D eigenvalue weighted by Crippen LogP contribution is -2.17. The molecule has 1 aliphatic rings. The van der Waals surface area contributed by atoms with E-state index in [2.05, 4.69) is 29.6 Å². The van der Waals surface area contributed by atoms with Crippen molar-refractivity contribution >= 4 is 21.4 Å². The maximum absolute atomic E-state index is 5.99. The lowest BCUT2D eigenvalue weighted by molar-refractivity contribution is 0.0265. The first-order valence-electron chi connectivity index (χ1n) is 8.00. The van der Waals surface area contributed by atoms with Crippen LogP contribution in [0.25, 0.3) is 10.1 Å². The van der Waals surface area contributed by atoms with E-state index in [1.54, 1.807) is 0 Å². The first-order valence-corrected chi connectivity index (χ1v) is 8.88. The molecule has 3 rings (SSSR count). The molecule has 1 heterocycles. The highest BCUT2D eigenvalue weighted by molar-refractivity contribution is 7.17. The van der Waals surface area contributed by atoms with Crippen molar-refractivity contribution in [3.63, 3.8) is 0 Å². The van der Waals surface area contributed by atoms with Gasteiger partial charge in [-0.3, -0.25) is 0 Å². The Morgan fingerprint density at radius 3 is 2.80 bits per heavy atom. The number of ether oxygens (including phenoxy) is 1. The van der Waals surface area contributed by atoms with Crippen molar-refractivity contribution in [1.82, 2.24) is 0 Å².